The number of benzene rings is 1. The molecule has 0 aliphatic heterocycles. The fourth-order valence-corrected chi connectivity index (χ4v) is 4.15. The third kappa shape index (κ3) is 2.48. The number of thiophene rings is 1. The zero-order valence-electron chi connectivity index (χ0n) is 9.98. The minimum absolute atomic E-state index is 0.324. The molecule has 0 saturated carbocycles. The van der Waals surface area contributed by atoms with Crippen LogP contribution in [0.3, 0.4) is 0 Å². The molecule has 2 rings (SSSR count). The van der Waals surface area contributed by atoms with Gasteiger partial charge in [0.2, 0.25) is 0 Å². The minimum atomic E-state index is -3.38. The predicted octanol–water partition coefficient (Wildman–Crippen LogP) is 2.61. The van der Waals surface area contributed by atoms with E-state index in [9.17, 15) is 8.42 Å². The van der Waals surface area contributed by atoms with E-state index in [-0.39, 0.29) is 0 Å². The van der Waals surface area contributed by atoms with E-state index >= 15 is 0 Å². The van der Waals surface area contributed by atoms with Crippen molar-refractivity contribution in [2.24, 2.45) is 5.73 Å². The molecule has 0 radical (unpaired) electrons. The van der Waals surface area contributed by atoms with Gasteiger partial charge in [0, 0.05) is 4.88 Å². The highest BCUT2D eigenvalue weighted by Crippen LogP contribution is 2.27. The van der Waals surface area contributed by atoms with E-state index in [4.69, 9.17) is 5.73 Å². The highest BCUT2D eigenvalue weighted by molar-refractivity contribution is 7.92. The molecule has 1 aromatic carbocycles. The van der Waals surface area contributed by atoms with Gasteiger partial charge in [0.05, 0.1) is 16.2 Å². The average Bonchev–Trinajstić information content (AvgIpc) is 2.92. The van der Waals surface area contributed by atoms with Crippen molar-refractivity contribution in [1.29, 1.82) is 0 Å². The van der Waals surface area contributed by atoms with Crippen LogP contribution in [0.25, 0.3) is 0 Å². The Kier molecular flexibility index (Phi) is 3.85. The summed E-state index contributed by atoms with van der Waals surface area (Å²) >= 11 is 1.48. The third-order valence-electron chi connectivity index (χ3n) is 2.94. The summed E-state index contributed by atoms with van der Waals surface area (Å²) in [6.07, 6.45) is 0. The van der Waals surface area contributed by atoms with E-state index in [0.29, 0.717) is 4.90 Å². The molecule has 0 fully saturated rings. The van der Waals surface area contributed by atoms with Gasteiger partial charge in [-0.2, -0.15) is 0 Å². The van der Waals surface area contributed by atoms with Gasteiger partial charge in [0.15, 0.2) is 9.84 Å². The van der Waals surface area contributed by atoms with Gasteiger partial charge in [-0.15, -0.1) is 11.3 Å². The molecule has 0 amide bonds. The van der Waals surface area contributed by atoms with Gasteiger partial charge in [-0.1, -0.05) is 24.3 Å². The first-order valence-electron chi connectivity index (χ1n) is 5.61. The summed E-state index contributed by atoms with van der Waals surface area (Å²) in [5.74, 6) is 0. The van der Waals surface area contributed by atoms with Crippen LogP contribution in [0.2, 0.25) is 0 Å². The van der Waals surface area contributed by atoms with Gasteiger partial charge >= 0.3 is 0 Å². The SMILES string of the molecule is CC(C(N)c1cccs1)S(=O)(=O)c1ccccc1. The molecule has 0 aliphatic rings. The van der Waals surface area contributed by atoms with Crippen LogP contribution >= 0.6 is 11.3 Å². The highest BCUT2D eigenvalue weighted by atomic mass is 32.2. The molecule has 2 unspecified atom stereocenters. The third-order valence-corrected chi connectivity index (χ3v) is 6.11. The second-order valence-corrected chi connectivity index (χ2v) is 7.39. The fourth-order valence-electron chi connectivity index (χ4n) is 1.73. The van der Waals surface area contributed by atoms with Crippen LogP contribution in [0.15, 0.2) is 52.7 Å². The zero-order valence-corrected chi connectivity index (χ0v) is 11.6. The van der Waals surface area contributed by atoms with Crippen LogP contribution < -0.4 is 5.73 Å². The molecular weight excluding hydrogens is 266 g/mol. The summed E-state index contributed by atoms with van der Waals surface area (Å²) in [6.45, 7) is 1.66. The maximum atomic E-state index is 12.4. The normalized spacial score (nSPS) is 15.2. The van der Waals surface area contributed by atoms with Crippen molar-refractivity contribution in [3.63, 3.8) is 0 Å². The molecule has 0 spiro atoms. The first-order valence-corrected chi connectivity index (χ1v) is 8.04. The standard InChI is InChI=1S/C13H15NO2S2/c1-10(13(14)12-8-5-9-17-12)18(15,16)11-6-3-2-4-7-11/h2-10,13H,14H2,1H3. The average molecular weight is 281 g/mol. The van der Waals surface area contributed by atoms with Crippen molar-refractivity contribution < 1.29 is 8.42 Å². The molecule has 18 heavy (non-hydrogen) atoms. The van der Waals surface area contributed by atoms with Crippen molar-refractivity contribution in [3.05, 3.63) is 52.7 Å². The Labute approximate surface area is 111 Å². The summed E-state index contributed by atoms with van der Waals surface area (Å²) < 4.78 is 24.8. The molecule has 1 heterocycles. The quantitative estimate of drug-likeness (QED) is 0.937. The Bertz CT molecular complexity index is 591. The van der Waals surface area contributed by atoms with Gasteiger partial charge in [0.25, 0.3) is 0 Å². The van der Waals surface area contributed by atoms with Gasteiger partial charge < -0.3 is 5.73 Å². The van der Waals surface area contributed by atoms with Gasteiger partial charge in [0.1, 0.15) is 0 Å². The molecule has 5 heteroatoms. The topological polar surface area (TPSA) is 60.2 Å². The monoisotopic (exact) mass is 281 g/mol. The number of hydrogen-bond acceptors (Lipinski definition) is 4. The van der Waals surface area contributed by atoms with E-state index in [1.165, 1.54) is 11.3 Å². The van der Waals surface area contributed by atoms with Gasteiger partial charge in [-0.3, -0.25) is 0 Å². The first kappa shape index (κ1) is 13.3. The molecule has 1 aromatic heterocycles. The summed E-state index contributed by atoms with van der Waals surface area (Å²) in [5, 5.41) is 1.26. The largest absolute Gasteiger partial charge is 0.322 e. The summed E-state index contributed by atoms with van der Waals surface area (Å²) in [4.78, 5) is 1.21. The number of sulfone groups is 1. The van der Waals surface area contributed by atoms with Crippen molar-refractivity contribution in [3.8, 4) is 0 Å². The van der Waals surface area contributed by atoms with Gasteiger partial charge in [-0.05, 0) is 30.5 Å². The van der Waals surface area contributed by atoms with E-state index in [1.54, 1.807) is 37.3 Å². The Hall–Kier alpha value is -1.17. The Morgan fingerprint density at radius 3 is 2.33 bits per heavy atom. The van der Waals surface area contributed by atoms with E-state index in [2.05, 4.69) is 0 Å². The number of rotatable bonds is 4. The molecular formula is C13H15NO2S2. The van der Waals surface area contributed by atoms with Crippen LogP contribution in [0.5, 0.6) is 0 Å². The van der Waals surface area contributed by atoms with Crippen LogP contribution in [-0.4, -0.2) is 13.7 Å². The van der Waals surface area contributed by atoms with Gasteiger partial charge in [-0.25, -0.2) is 8.42 Å². The van der Waals surface area contributed by atoms with Crippen molar-refractivity contribution >= 4 is 21.2 Å². The smallest absolute Gasteiger partial charge is 0.182 e. The maximum Gasteiger partial charge on any atom is 0.182 e. The minimum Gasteiger partial charge on any atom is -0.322 e. The second kappa shape index (κ2) is 5.22. The zero-order chi connectivity index (χ0) is 13.2. The molecule has 2 atom stereocenters. The Balaban J connectivity index is 2.31. The highest BCUT2D eigenvalue weighted by Gasteiger charge is 2.29. The summed E-state index contributed by atoms with van der Waals surface area (Å²) in [6, 6.07) is 11.7. The first-order chi connectivity index (χ1) is 8.53. The molecule has 2 aromatic rings. The molecule has 0 aliphatic carbocycles. The van der Waals surface area contributed by atoms with Crippen LogP contribution in [0.4, 0.5) is 0 Å². The maximum absolute atomic E-state index is 12.4. The summed E-state index contributed by atoms with van der Waals surface area (Å²) in [7, 11) is -3.38. The molecule has 0 saturated heterocycles. The number of nitrogens with two attached hydrogens (primary N) is 1. The van der Waals surface area contributed by atoms with Crippen molar-refractivity contribution in [1.82, 2.24) is 0 Å². The molecule has 3 nitrogen and oxygen atoms in total. The lowest BCUT2D eigenvalue weighted by Crippen LogP contribution is -2.30. The fraction of sp³-hybridized carbons (Fsp3) is 0.231. The summed E-state index contributed by atoms with van der Waals surface area (Å²) in [5.41, 5.74) is 6.04. The lowest BCUT2D eigenvalue weighted by molar-refractivity contribution is 0.566. The van der Waals surface area contributed by atoms with Crippen LogP contribution in [0.1, 0.15) is 17.8 Å². The van der Waals surface area contributed by atoms with E-state index in [1.807, 2.05) is 17.5 Å². The van der Waals surface area contributed by atoms with E-state index in [0.717, 1.165) is 4.88 Å². The predicted molar refractivity (Wildman–Crippen MR) is 74.3 cm³/mol. The van der Waals surface area contributed by atoms with E-state index < -0.39 is 21.1 Å². The lowest BCUT2D eigenvalue weighted by Gasteiger charge is -2.19. The van der Waals surface area contributed by atoms with Crippen LogP contribution in [-0.2, 0) is 9.84 Å². The molecule has 0 bridgehead atoms. The molecule has 96 valence electrons. The van der Waals surface area contributed by atoms with Crippen molar-refractivity contribution in [2.45, 2.75) is 23.1 Å². The van der Waals surface area contributed by atoms with Crippen LogP contribution in [0, 0.1) is 0 Å². The Morgan fingerprint density at radius 2 is 1.78 bits per heavy atom. The second-order valence-electron chi connectivity index (χ2n) is 4.10. The Morgan fingerprint density at radius 1 is 1.11 bits per heavy atom. The van der Waals surface area contributed by atoms with Crippen molar-refractivity contribution in [2.75, 3.05) is 0 Å². The number of hydrogen-bond donors (Lipinski definition) is 1. The molecule has 2 N–H and O–H groups in total. The lowest BCUT2D eigenvalue weighted by atomic mass is 10.2.